The van der Waals surface area contributed by atoms with Gasteiger partial charge in [0.1, 0.15) is 16.7 Å². The first-order valence-corrected chi connectivity index (χ1v) is 7.47. The summed E-state index contributed by atoms with van der Waals surface area (Å²) in [7, 11) is 1.59. The standard InChI is InChI=1S/C16H12Cl2N4O/c1-23-13-5-4-11(17)7-12(13)20-15-8-14(18)21-16(22-15)10-3-2-6-19-9-10/h2-9H,1H3,(H,20,21,22). The first-order valence-electron chi connectivity index (χ1n) is 6.71. The topological polar surface area (TPSA) is 59.9 Å². The molecular weight excluding hydrogens is 335 g/mol. The third kappa shape index (κ3) is 3.70. The van der Waals surface area contributed by atoms with E-state index in [9.17, 15) is 0 Å². The molecule has 1 N–H and O–H groups in total. The van der Waals surface area contributed by atoms with E-state index in [-0.39, 0.29) is 0 Å². The molecule has 116 valence electrons. The third-order valence-corrected chi connectivity index (χ3v) is 3.47. The van der Waals surface area contributed by atoms with Crippen LogP contribution in [0.2, 0.25) is 10.2 Å². The van der Waals surface area contributed by atoms with Gasteiger partial charge in [-0.2, -0.15) is 0 Å². The van der Waals surface area contributed by atoms with Gasteiger partial charge in [0.25, 0.3) is 0 Å². The lowest BCUT2D eigenvalue weighted by Gasteiger charge is -2.12. The molecule has 7 heteroatoms. The summed E-state index contributed by atoms with van der Waals surface area (Å²) in [5, 5.41) is 4.06. The molecule has 2 aromatic heterocycles. The number of anilines is 2. The molecule has 0 bridgehead atoms. The highest BCUT2D eigenvalue weighted by Crippen LogP contribution is 2.31. The number of halogens is 2. The number of benzene rings is 1. The second kappa shape index (κ2) is 6.81. The summed E-state index contributed by atoms with van der Waals surface area (Å²) >= 11 is 12.1. The summed E-state index contributed by atoms with van der Waals surface area (Å²) < 4.78 is 5.31. The molecule has 0 aliphatic carbocycles. The average molecular weight is 347 g/mol. The molecule has 3 rings (SSSR count). The Kier molecular flexibility index (Phi) is 4.60. The van der Waals surface area contributed by atoms with Gasteiger partial charge in [-0.25, -0.2) is 9.97 Å². The largest absolute Gasteiger partial charge is 0.495 e. The molecule has 0 saturated heterocycles. The second-order valence-corrected chi connectivity index (χ2v) is 5.43. The van der Waals surface area contributed by atoms with E-state index in [4.69, 9.17) is 27.9 Å². The lowest BCUT2D eigenvalue weighted by Crippen LogP contribution is -1.99. The Morgan fingerprint density at radius 1 is 1.09 bits per heavy atom. The van der Waals surface area contributed by atoms with Crippen molar-refractivity contribution in [1.82, 2.24) is 15.0 Å². The zero-order valence-electron chi connectivity index (χ0n) is 12.1. The highest BCUT2D eigenvalue weighted by molar-refractivity contribution is 6.31. The SMILES string of the molecule is COc1ccc(Cl)cc1Nc1cc(Cl)nc(-c2cccnc2)n1. The highest BCUT2D eigenvalue weighted by atomic mass is 35.5. The van der Waals surface area contributed by atoms with E-state index in [1.165, 1.54) is 0 Å². The van der Waals surface area contributed by atoms with Crippen molar-refractivity contribution in [2.75, 3.05) is 12.4 Å². The summed E-state index contributed by atoms with van der Waals surface area (Å²) in [4.78, 5) is 12.7. The number of rotatable bonds is 4. The summed E-state index contributed by atoms with van der Waals surface area (Å²) in [5.41, 5.74) is 1.46. The monoisotopic (exact) mass is 346 g/mol. The fourth-order valence-corrected chi connectivity index (χ4v) is 2.38. The Balaban J connectivity index is 1.98. The highest BCUT2D eigenvalue weighted by Gasteiger charge is 2.09. The molecule has 0 aliphatic rings. The molecule has 0 amide bonds. The van der Waals surface area contributed by atoms with Crippen LogP contribution in [0.4, 0.5) is 11.5 Å². The molecule has 0 unspecified atom stereocenters. The fraction of sp³-hybridized carbons (Fsp3) is 0.0625. The van der Waals surface area contributed by atoms with Crippen molar-refractivity contribution in [2.24, 2.45) is 0 Å². The van der Waals surface area contributed by atoms with Crippen LogP contribution in [0, 0.1) is 0 Å². The van der Waals surface area contributed by atoms with Crippen LogP contribution < -0.4 is 10.1 Å². The molecule has 1 aromatic carbocycles. The summed E-state index contributed by atoms with van der Waals surface area (Å²) in [6.07, 6.45) is 3.36. The van der Waals surface area contributed by atoms with Crippen molar-refractivity contribution in [2.45, 2.75) is 0 Å². The molecule has 0 spiro atoms. The Morgan fingerprint density at radius 3 is 2.70 bits per heavy atom. The number of hydrogen-bond donors (Lipinski definition) is 1. The van der Waals surface area contributed by atoms with E-state index < -0.39 is 0 Å². The van der Waals surface area contributed by atoms with E-state index in [1.807, 2.05) is 12.1 Å². The Hall–Kier alpha value is -2.37. The van der Waals surface area contributed by atoms with Crippen molar-refractivity contribution in [3.8, 4) is 17.1 Å². The van der Waals surface area contributed by atoms with Gasteiger partial charge < -0.3 is 10.1 Å². The molecule has 0 saturated carbocycles. The van der Waals surface area contributed by atoms with Gasteiger partial charge in [-0.1, -0.05) is 23.2 Å². The first kappa shape index (κ1) is 15.5. The second-order valence-electron chi connectivity index (χ2n) is 4.61. The number of pyridine rings is 1. The van der Waals surface area contributed by atoms with Crippen molar-refractivity contribution in [1.29, 1.82) is 0 Å². The number of nitrogens with zero attached hydrogens (tertiary/aromatic N) is 3. The minimum atomic E-state index is 0.322. The van der Waals surface area contributed by atoms with Crippen LogP contribution in [0.3, 0.4) is 0 Å². The molecular formula is C16H12Cl2N4O. The normalized spacial score (nSPS) is 10.4. The predicted molar refractivity (Wildman–Crippen MR) is 91.6 cm³/mol. The Bertz CT molecular complexity index is 828. The summed E-state index contributed by atoms with van der Waals surface area (Å²) in [5.74, 6) is 1.66. The number of ether oxygens (including phenoxy) is 1. The fourth-order valence-electron chi connectivity index (χ4n) is 2.02. The minimum Gasteiger partial charge on any atom is -0.495 e. The molecule has 0 aliphatic heterocycles. The molecule has 3 aromatic rings. The minimum absolute atomic E-state index is 0.322. The number of nitrogens with one attached hydrogen (secondary N) is 1. The van der Waals surface area contributed by atoms with Gasteiger partial charge in [-0.15, -0.1) is 0 Å². The maximum atomic E-state index is 6.10. The molecule has 2 heterocycles. The third-order valence-electron chi connectivity index (χ3n) is 3.04. The van der Waals surface area contributed by atoms with Crippen molar-refractivity contribution >= 4 is 34.7 Å². The summed E-state index contributed by atoms with van der Waals surface area (Å²) in [6.45, 7) is 0. The predicted octanol–water partition coefficient (Wildman–Crippen LogP) is 4.60. The molecule has 0 radical (unpaired) electrons. The molecule has 23 heavy (non-hydrogen) atoms. The Labute approximate surface area is 143 Å². The molecule has 0 fully saturated rings. The molecule has 5 nitrogen and oxygen atoms in total. The van der Waals surface area contributed by atoms with Gasteiger partial charge in [0.15, 0.2) is 5.82 Å². The van der Waals surface area contributed by atoms with Gasteiger partial charge >= 0.3 is 0 Å². The maximum Gasteiger partial charge on any atom is 0.164 e. The average Bonchev–Trinajstić information content (AvgIpc) is 2.55. The lowest BCUT2D eigenvalue weighted by atomic mass is 10.2. The zero-order chi connectivity index (χ0) is 16.2. The zero-order valence-corrected chi connectivity index (χ0v) is 13.6. The lowest BCUT2D eigenvalue weighted by molar-refractivity contribution is 0.417. The van der Waals surface area contributed by atoms with E-state index in [0.717, 1.165) is 5.56 Å². The van der Waals surface area contributed by atoms with Gasteiger partial charge in [0, 0.05) is 29.0 Å². The smallest absolute Gasteiger partial charge is 0.164 e. The first-order chi connectivity index (χ1) is 11.2. The van der Waals surface area contributed by atoms with Crippen molar-refractivity contribution in [3.05, 3.63) is 59.0 Å². The number of hydrogen-bond acceptors (Lipinski definition) is 5. The number of aromatic nitrogens is 3. The molecule has 0 atom stereocenters. The van der Waals surface area contributed by atoms with Gasteiger partial charge in [0.2, 0.25) is 0 Å². The van der Waals surface area contributed by atoms with Crippen LogP contribution in [0.5, 0.6) is 5.75 Å². The van der Waals surface area contributed by atoms with Gasteiger partial charge in [-0.3, -0.25) is 4.98 Å². The van der Waals surface area contributed by atoms with Crippen molar-refractivity contribution < 1.29 is 4.74 Å². The van der Waals surface area contributed by atoms with Gasteiger partial charge in [0.05, 0.1) is 12.8 Å². The van der Waals surface area contributed by atoms with Crippen molar-refractivity contribution in [3.63, 3.8) is 0 Å². The van der Waals surface area contributed by atoms with Crippen LogP contribution in [0.15, 0.2) is 48.8 Å². The number of methoxy groups -OCH3 is 1. The maximum absolute atomic E-state index is 6.10. The van der Waals surface area contributed by atoms with Crippen LogP contribution in [0.1, 0.15) is 0 Å². The van der Waals surface area contributed by atoms with E-state index in [2.05, 4.69) is 20.3 Å². The van der Waals surface area contributed by atoms with E-state index in [0.29, 0.717) is 33.3 Å². The quantitative estimate of drug-likeness (QED) is 0.699. The van der Waals surface area contributed by atoms with E-state index in [1.54, 1.807) is 43.8 Å². The van der Waals surface area contributed by atoms with Crippen LogP contribution in [0.25, 0.3) is 11.4 Å². The van der Waals surface area contributed by atoms with Crippen LogP contribution >= 0.6 is 23.2 Å². The van der Waals surface area contributed by atoms with E-state index >= 15 is 0 Å². The van der Waals surface area contributed by atoms with Gasteiger partial charge in [-0.05, 0) is 30.3 Å². The summed E-state index contributed by atoms with van der Waals surface area (Å²) in [6, 6.07) is 10.6. The van der Waals surface area contributed by atoms with Crippen LogP contribution in [-0.2, 0) is 0 Å². The van der Waals surface area contributed by atoms with Crippen LogP contribution in [-0.4, -0.2) is 22.1 Å². The Morgan fingerprint density at radius 2 is 1.96 bits per heavy atom.